The van der Waals surface area contributed by atoms with Crippen molar-refractivity contribution in [1.82, 2.24) is 0 Å². The van der Waals surface area contributed by atoms with E-state index in [1.807, 2.05) is 31.2 Å². The molecule has 0 aromatic rings. The van der Waals surface area contributed by atoms with Crippen LogP contribution in [0.15, 0.2) is 61.3 Å². The van der Waals surface area contributed by atoms with Gasteiger partial charge in [0.15, 0.2) is 0 Å². The molecule has 0 saturated heterocycles. The fourth-order valence-corrected chi connectivity index (χ4v) is 0.933. The number of hydrogen-bond donors (Lipinski definition) is 0. The predicted molar refractivity (Wildman–Crippen MR) is 61.6 cm³/mol. The average molecular weight is 174 g/mol. The molecule has 0 spiro atoms. The molecule has 13 heavy (non-hydrogen) atoms. The van der Waals surface area contributed by atoms with Crippen molar-refractivity contribution in [2.24, 2.45) is 5.92 Å². The van der Waals surface area contributed by atoms with Crippen LogP contribution < -0.4 is 0 Å². The van der Waals surface area contributed by atoms with Crippen molar-refractivity contribution in [2.45, 2.75) is 13.8 Å². The van der Waals surface area contributed by atoms with Crippen LogP contribution in [0.4, 0.5) is 0 Å². The van der Waals surface area contributed by atoms with Gasteiger partial charge in [-0.1, -0.05) is 56.0 Å². The lowest BCUT2D eigenvalue weighted by Gasteiger charge is -2.05. The monoisotopic (exact) mass is 174 g/mol. The summed E-state index contributed by atoms with van der Waals surface area (Å²) in [6.45, 7) is 11.5. The second-order valence-corrected chi connectivity index (χ2v) is 2.81. The highest BCUT2D eigenvalue weighted by Crippen LogP contribution is 2.12. The molecule has 0 bridgehead atoms. The Hall–Kier alpha value is -1.30. The average Bonchev–Trinajstić information content (AvgIpc) is 2.16. The van der Waals surface area contributed by atoms with Gasteiger partial charge in [0, 0.05) is 0 Å². The lowest BCUT2D eigenvalue weighted by molar-refractivity contribution is 0.894. The molecule has 0 amide bonds. The smallest absolute Gasteiger partial charge is 0.00132 e. The third-order valence-electron chi connectivity index (χ3n) is 1.77. The number of allylic oxidation sites excluding steroid dienone is 8. The largest absolute Gasteiger partial charge is 0.102 e. The summed E-state index contributed by atoms with van der Waals surface area (Å²) in [5.41, 5.74) is 1.26. The Morgan fingerprint density at radius 3 is 2.38 bits per heavy atom. The number of hydrogen-bond acceptors (Lipinski definition) is 0. The van der Waals surface area contributed by atoms with Crippen LogP contribution in [-0.2, 0) is 0 Å². The molecule has 1 unspecified atom stereocenters. The first-order chi connectivity index (χ1) is 6.26. The van der Waals surface area contributed by atoms with Crippen molar-refractivity contribution in [3.63, 3.8) is 0 Å². The Labute approximate surface area is 81.7 Å². The van der Waals surface area contributed by atoms with Crippen LogP contribution in [0.3, 0.4) is 0 Å². The van der Waals surface area contributed by atoms with Gasteiger partial charge in [0.2, 0.25) is 0 Å². The van der Waals surface area contributed by atoms with Crippen molar-refractivity contribution in [3.05, 3.63) is 61.3 Å². The topological polar surface area (TPSA) is 0 Å². The van der Waals surface area contributed by atoms with Crippen LogP contribution in [0.25, 0.3) is 0 Å². The maximum Gasteiger partial charge on any atom is -0.00132 e. The highest BCUT2D eigenvalue weighted by molar-refractivity contribution is 5.28. The molecule has 0 heterocycles. The van der Waals surface area contributed by atoms with Gasteiger partial charge in [0.05, 0.1) is 0 Å². The van der Waals surface area contributed by atoms with Gasteiger partial charge in [0.25, 0.3) is 0 Å². The molecule has 0 aliphatic heterocycles. The first-order valence-electron chi connectivity index (χ1n) is 4.50. The normalized spacial score (nSPS) is 15.1. The first kappa shape index (κ1) is 11.7. The summed E-state index contributed by atoms with van der Waals surface area (Å²) in [5.74, 6) is 0.394. The summed E-state index contributed by atoms with van der Waals surface area (Å²) in [6.07, 6.45) is 13.8. The SMILES string of the molecule is C=C\C=C/C=C(/C=C\C)C(C)C=C. The van der Waals surface area contributed by atoms with E-state index >= 15 is 0 Å². The van der Waals surface area contributed by atoms with Crippen LogP contribution in [0.2, 0.25) is 0 Å². The van der Waals surface area contributed by atoms with Crippen molar-refractivity contribution in [1.29, 1.82) is 0 Å². The quantitative estimate of drug-likeness (QED) is 0.435. The molecule has 0 aliphatic rings. The van der Waals surface area contributed by atoms with Gasteiger partial charge < -0.3 is 0 Å². The maximum atomic E-state index is 3.77. The first-order valence-corrected chi connectivity index (χ1v) is 4.50. The summed E-state index contributed by atoms with van der Waals surface area (Å²) in [6, 6.07) is 0. The molecular weight excluding hydrogens is 156 g/mol. The van der Waals surface area contributed by atoms with Crippen molar-refractivity contribution >= 4 is 0 Å². The summed E-state index contributed by atoms with van der Waals surface area (Å²) in [5, 5.41) is 0. The lowest BCUT2D eigenvalue weighted by Crippen LogP contribution is -1.91. The Balaban J connectivity index is 4.57. The molecular formula is C13H18. The van der Waals surface area contributed by atoms with E-state index in [0.29, 0.717) is 5.92 Å². The van der Waals surface area contributed by atoms with Gasteiger partial charge in [0.1, 0.15) is 0 Å². The van der Waals surface area contributed by atoms with Crippen LogP contribution in [-0.4, -0.2) is 0 Å². The Bertz CT molecular complexity index is 239. The lowest BCUT2D eigenvalue weighted by atomic mass is 10.0. The van der Waals surface area contributed by atoms with Crippen LogP contribution in [0, 0.1) is 5.92 Å². The van der Waals surface area contributed by atoms with E-state index in [9.17, 15) is 0 Å². The van der Waals surface area contributed by atoms with Gasteiger partial charge in [-0.05, 0) is 18.4 Å². The molecule has 0 aliphatic carbocycles. The highest BCUT2D eigenvalue weighted by atomic mass is 14.0. The molecule has 0 radical (unpaired) electrons. The summed E-state index contributed by atoms with van der Waals surface area (Å²) < 4.78 is 0. The minimum Gasteiger partial charge on any atom is -0.102 e. The summed E-state index contributed by atoms with van der Waals surface area (Å²) >= 11 is 0. The molecule has 0 rings (SSSR count). The molecule has 70 valence electrons. The minimum atomic E-state index is 0.394. The van der Waals surface area contributed by atoms with Gasteiger partial charge >= 0.3 is 0 Å². The Morgan fingerprint density at radius 1 is 1.23 bits per heavy atom. The zero-order chi connectivity index (χ0) is 10.1. The zero-order valence-electron chi connectivity index (χ0n) is 8.53. The zero-order valence-corrected chi connectivity index (χ0v) is 8.53. The Kier molecular flexibility index (Phi) is 6.62. The third-order valence-corrected chi connectivity index (χ3v) is 1.77. The van der Waals surface area contributed by atoms with E-state index in [1.165, 1.54) is 5.57 Å². The van der Waals surface area contributed by atoms with E-state index < -0.39 is 0 Å². The van der Waals surface area contributed by atoms with E-state index in [1.54, 1.807) is 6.08 Å². The van der Waals surface area contributed by atoms with Gasteiger partial charge in [-0.15, -0.1) is 6.58 Å². The standard InChI is InChI=1S/C13H18/c1-5-8-9-11-13(10-6-2)12(4)7-3/h5-12H,1,3H2,2,4H3/b9-8-,10-6-,13-11-. The number of rotatable bonds is 5. The molecule has 0 saturated carbocycles. The highest BCUT2D eigenvalue weighted by Gasteiger charge is 1.97. The summed E-state index contributed by atoms with van der Waals surface area (Å²) in [4.78, 5) is 0. The van der Waals surface area contributed by atoms with E-state index in [2.05, 4.69) is 32.2 Å². The van der Waals surface area contributed by atoms with Crippen molar-refractivity contribution < 1.29 is 0 Å². The minimum absolute atomic E-state index is 0.394. The molecule has 0 nitrogen and oxygen atoms in total. The van der Waals surface area contributed by atoms with Crippen molar-refractivity contribution in [2.75, 3.05) is 0 Å². The van der Waals surface area contributed by atoms with Crippen LogP contribution in [0.5, 0.6) is 0 Å². The Morgan fingerprint density at radius 2 is 1.92 bits per heavy atom. The second-order valence-electron chi connectivity index (χ2n) is 2.81. The second kappa shape index (κ2) is 7.35. The summed E-state index contributed by atoms with van der Waals surface area (Å²) in [7, 11) is 0. The van der Waals surface area contributed by atoms with Gasteiger partial charge in [-0.2, -0.15) is 0 Å². The fourth-order valence-electron chi connectivity index (χ4n) is 0.933. The van der Waals surface area contributed by atoms with Crippen molar-refractivity contribution in [3.8, 4) is 0 Å². The molecule has 1 atom stereocenters. The van der Waals surface area contributed by atoms with E-state index in [0.717, 1.165) is 0 Å². The fraction of sp³-hybridized carbons (Fsp3) is 0.231. The van der Waals surface area contributed by atoms with E-state index in [4.69, 9.17) is 0 Å². The predicted octanol–water partition coefficient (Wildman–Crippen LogP) is 4.05. The molecule has 0 N–H and O–H groups in total. The molecule has 0 fully saturated rings. The van der Waals surface area contributed by atoms with Gasteiger partial charge in [-0.3, -0.25) is 0 Å². The van der Waals surface area contributed by atoms with Gasteiger partial charge in [-0.25, -0.2) is 0 Å². The molecule has 0 heteroatoms. The third kappa shape index (κ3) is 5.02. The van der Waals surface area contributed by atoms with Crippen LogP contribution in [0.1, 0.15) is 13.8 Å². The van der Waals surface area contributed by atoms with Crippen LogP contribution >= 0.6 is 0 Å². The van der Waals surface area contributed by atoms with E-state index in [-0.39, 0.29) is 0 Å². The molecule has 0 aromatic carbocycles. The maximum absolute atomic E-state index is 3.77. The molecule has 0 aromatic heterocycles.